The third kappa shape index (κ3) is 6.03. The first-order chi connectivity index (χ1) is 9.86. The number of rotatable bonds is 8. The van der Waals surface area contributed by atoms with Crippen molar-refractivity contribution in [3.63, 3.8) is 0 Å². The number of halogens is 1. The smallest absolute Gasteiger partial charge is 0.261 e. The van der Waals surface area contributed by atoms with Crippen molar-refractivity contribution < 1.29 is 17.9 Å². The number of nitrogens with one attached hydrogen (secondary N) is 1. The second-order valence-electron chi connectivity index (χ2n) is 4.72. The van der Waals surface area contributed by atoms with Crippen LogP contribution < -0.4 is 5.32 Å². The summed E-state index contributed by atoms with van der Waals surface area (Å²) >= 11 is 0. The Hall–Kier alpha value is -1.11. The van der Waals surface area contributed by atoms with E-state index in [1.165, 1.54) is 18.2 Å². The molecule has 0 aliphatic carbocycles. The number of hydrogen-bond donors (Lipinski definition) is 1. The van der Waals surface area contributed by atoms with Crippen LogP contribution in [0.5, 0.6) is 0 Å². The molecule has 0 aromatic heterocycles. The van der Waals surface area contributed by atoms with Gasteiger partial charge in [0, 0.05) is 36.5 Å². The normalized spacial score (nSPS) is 11.4. The maximum absolute atomic E-state index is 12.0. The summed E-state index contributed by atoms with van der Waals surface area (Å²) in [6.07, 6.45) is 2.83. The minimum atomic E-state index is -3.77. The van der Waals surface area contributed by atoms with E-state index in [-0.39, 0.29) is 10.8 Å². The van der Waals surface area contributed by atoms with Gasteiger partial charge in [0.25, 0.3) is 15.0 Å². The molecule has 1 amide bonds. The molecule has 0 atom stereocenters. The fraction of sp³-hybridized carbons (Fsp3) is 0.500. The van der Waals surface area contributed by atoms with Gasteiger partial charge in [-0.05, 0) is 49.9 Å². The second kappa shape index (κ2) is 8.36. The minimum absolute atomic E-state index is 0.00205. The van der Waals surface area contributed by atoms with Crippen molar-refractivity contribution in [2.75, 3.05) is 20.3 Å². The second-order valence-corrected chi connectivity index (χ2v) is 7.29. The maximum atomic E-state index is 12.0. The lowest BCUT2D eigenvalue weighted by Crippen LogP contribution is -2.25. The van der Waals surface area contributed by atoms with Gasteiger partial charge in [-0.3, -0.25) is 4.79 Å². The van der Waals surface area contributed by atoms with E-state index >= 15 is 0 Å². The molecule has 0 bridgehead atoms. The maximum Gasteiger partial charge on any atom is 0.261 e. The molecule has 0 fully saturated rings. The number of carbonyl (C=O) groups excluding carboxylic acids is 1. The first-order valence-corrected chi connectivity index (χ1v) is 8.99. The van der Waals surface area contributed by atoms with Crippen molar-refractivity contribution in [1.29, 1.82) is 0 Å². The van der Waals surface area contributed by atoms with Gasteiger partial charge in [0.05, 0.1) is 4.90 Å². The molecular formula is C14H20ClNO4S. The summed E-state index contributed by atoms with van der Waals surface area (Å²) in [5.74, 6) is -0.210. The summed E-state index contributed by atoms with van der Waals surface area (Å²) in [6, 6.07) is 4.21. The van der Waals surface area contributed by atoms with Crippen LogP contribution in [-0.4, -0.2) is 34.6 Å². The Kier molecular flexibility index (Phi) is 7.14. The van der Waals surface area contributed by atoms with Crippen molar-refractivity contribution in [2.24, 2.45) is 0 Å². The molecule has 1 N–H and O–H groups in total. The molecule has 0 heterocycles. The minimum Gasteiger partial charge on any atom is -0.385 e. The van der Waals surface area contributed by atoms with E-state index in [0.717, 1.165) is 25.9 Å². The van der Waals surface area contributed by atoms with E-state index < -0.39 is 9.05 Å². The average molecular weight is 334 g/mol. The van der Waals surface area contributed by atoms with Crippen LogP contribution in [0, 0.1) is 6.92 Å². The molecule has 1 aromatic rings. The Morgan fingerprint density at radius 2 is 2.00 bits per heavy atom. The SMILES string of the molecule is COCCCCCNC(=O)c1ccc(S(=O)(=O)Cl)cc1C. The van der Waals surface area contributed by atoms with Crippen molar-refractivity contribution in [3.8, 4) is 0 Å². The van der Waals surface area contributed by atoms with Crippen LogP contribution in [0.2, 0.25) is 0 Å². The number of carbonyl (C=O) groups is 1. The van der Waals surface area contributed by atoms with E-state index in [9.17, 15) is 13.2 Å². The predicted octanol–water partition coefficient (Wildman–Crippen LogP) is 2.47. The summed E-state index contributed by atoms with van der Waals surface area (Å²) in [4.78, 5) is 12.0. The first-order valence-electron chi connectivity index (χ1n) is 6.68. The van der Waals surface area contributed by atoms with E-state index in [0.29, 0.717) is 17.7 Å². The van der Waals surface area contributed by atoms with Gasteiger partial charge in [0.1, 0.15) is 0 Å². The lowest BCUT2D eigenvalue weighted by molar-refractivity contribution is 0.0952. The highest BCUT2D eigenvalue weighted by molar-refractivity contribution is 8.13. The van der Waals surface area contributed by atoms with Crippen molar-refractivity contribution in [3.05, 3.63) is 29.3 Å². The fourth-order valence-electron chi connectivity index (χ4n) is 1.89. The third-order valence-electron chi connectivity index (χ3n) is 3.03. The molecule has 0 unspecified atom stereocenters. The van der Waals surface area contributed by atoms with Gasteiger partial charge in [-0.1, -0.05) is 0 Å². The van der Waals surface area contributed by atoms with Crippen LogP contribution in [0.25, 0.3) is 0 Å². The van der Waals surface area contributed by atoms with Crippen LogP contribution in [0.4, 0.5) is 0 Å². The Morgan fingerprint density at radius 1 is 1.29 bits per heavy atom. The molecular weight excluding hydrogens is 314 g/mol. The summed E-state index contributed by atoms with van der Waals surface area (Å²) in [5.41, 5.74) is 1.03. The molecule has 0 aliphatic heterocycles. The highest BCUT2D eigenvalue weighted by atomic mass is 35.7. The van der Waals surface area contributed by atoms with Gasteiger partial charge in [0.2, 0.25) is 0 Å². The molecule has 0 saturated carbocycles. The molecule has 1 rings (SSSR count). The quantitative estimate of drug-likeness (QED) is 0.586. The van der Waals surface area contributed by atoms with Crippen LogP contribution in [0.15, 0.2) is 23.1 Å². The number of aryl methyl sites for hydroxylation is 1. The number of benzene rings is 1. The Bertz CT molecular complexity index is 587. The monoisotopic (exact) mass is 333 g/mol. The Morgan fingerprint density at radius 3 is 2.57 bits per heavy atom. The average Bonchev–Trinajstić information content (AvgIpc) is 2.41. The van der Waals surface area contributed by atoms with Gasteiger partial charge in [0.15, 0.2) is 0 Å². The summed E-state index contributed by atoms with van der Waals surface area (Å²) in [5, 5.41) is 2.81. The standard InChI is InChI=1S/C14H20ClNO4S/c1-11-10-12(21(15,18)19)6-7-13(11)14(17)16-8-4-3-5-9-20-2/h6-7,10H,3-5,8-9H2,1-2H3,(H,16,17). The zero-order chi connectivity index (χ0) is 15.9. The number of unbranched alkanes of at least 4 members (excludes halogenated alkanes) is 2. The molecule has 118 valence electrons. The zero-order valence-electron chi connectivity index (χ0n) is 12.2. The number of methoxy groups -OCH3 is 1. The van der Waals surface area contributed by atoms with Gasteiger partial charge in [-0.15, -0.1) is 0 Å². The molecule has 0 spiro atoms. The fourth-order valence-corrected chi connectivity index (χ4v) is 2.72. The predicted molar refractivity (Wildman–Crippen MR) is 82.3 cm³/mol. The van der Waals surface area contributed by atoms with Crippen LogP contribution >= 0.6 is 10.7 Å². The molecule has 21 heavy (non-hydrogen) atoms. The summed E-state index contributed by atoms with van der Waals surface area (Å²) < 4.78 is 27.4. The van der Waals surface area contributed by atoms with Crippen molar-refractivity contribution in [1.82, 2.24) is 5.32 Å². The Labute approximate surface area is 130 Å². The van der Waals surface area contributed by atoms with Gasteiger partial charge in [-0.25, -0.2) is 8.42 Å². The molecule has 7 heteroatoms. The molecule has 0 aliphatic rings. The van der Waals surface area contributed by atoms with Gasteiger partial charge in [-0.2, -0.15) is 0 Å². The van der Waals surface area contributed by atoms with Crippen molar-refractivity contribution in [2.45, 2.75) is 31.1 Å². The van der Waals surface area contributed by atoms with Crippen LogP contribution in [0.3, 0.4) is 0 Å². The van der Waals surface area contributed by atoms with E-state index in [1.807, 2.05) is 0 Å². The Balaban J connectivity index is 2.55. The summed E-state index contributed by atoms with van der Waals surface area (Å²) in [6.45, 7) is 2.98. The van der Waals surface area contributed by atoms with Gasteiger partial charge < -0.3 is 10.1 Å². The summed E-state index contributed by atoms with van der Waals surface area (Å²) in [7, 11) is 3.16. The number of amides is 1. The highest BCUT2D eigenvalue weighted by Gasteiger charge is 2.14. The first kappa shape index (κ1) is 17.9. The molecule has 0 saturated heterocycles. The van der Waals surface area contributed by atoms with Gasteiger partial charge >= 0.3 is 0 Å². The van der Waals surface area contributed by atoms with E-state index in [1.54, 1.807) is 14.0 Å². The third-order valence-corrected chi connectivity index (χ3v) is 4.39. The molecule has 1 aromatic carbocycles. The molecule has 5 nitrogen and oxygen atoms in total. The lowest BCUT2D eigenvalue weighted by atomic mass is 10.1. The lowest BCUT2D eigenvalue weighted by Gasteiger charge is -2.08. The largest absolute Gasteiger partial charge is 0.385 e. The van der Waals surface area contributed by atoms with E-state index in [4.69, 9.17) is 15.4 Å². The van der Waals surface area contributed by atoms with E-state index in [2.05, 4.69) is 5.32 Å². The van der Waals surface area contributed by atoms with Crippen LogP contribution in [-0.2, 0) is 13.8 Å². The zero-order valence-corrected chi connectivity index (χ0v) is 13.8. The highest BCUT2D eigenvalue weighted by Crippen LogP contribution is 2.18. The van der Waals surface area contributed by atoms with Crippen molar-refractivity contribution >= 4 is 25.6 Å². The number of ether oxygens (including phenoxy) is 1. The van der Waals surface area contributed by atoms with Crippen LogP contribution in [0.1, 0.15) is 35.2 Å². The topological polar surface area (TPSA) is 72.5 Å². The molecule has 0 radical (unpaired) electrons. The number of hydrogen-bond acceptors (Lipinski definition) is 4.